The number of nitro benzene ring substituents is 1. The van der Waals surface area contributed by atoms with E-state index < -0.39 is 10.7 Å². The zero-order valence-electron chi connectivity index (χ0n) is 20.3. The summed E-state index contributed by atoms with van der Waals surface area (Å²) in [4.78, 5) is 39.2. The molecule has 1 amide bonds. The monoisotopic (exact) mass is 497 g/mol. The van der Waals surface area contributed by atoms with Crippen LogP contribution in [0.5, 0.6) is 5.75 Å². The summed E-state index contributed by atoms with van der Waals surface area (Å²) in [7, 11) is 0. The van der Waals surface area contributed by atoms with Gasteiger partial charge in [0.2, 0.25) is 0 Å². The minimum absolute atomic E-state index is 0.169. The van der Waals surface area contributed by atoms with Gasteiger partial charge in [-0.2, -0.15) is 0 Å². The van der Waals surface area contributed by atoms with Crippen LogP contribution >= 0.6 is 0 Å². The van der Waals surface area contributed by atoms with E-state index in [0.717, 1.165) is 29.7 Å². The van der Waals surface area contributed by atoms with Crippen molar-refractivity contribution in [1.82, 2.24) is 10.3 Å². The molecule has 0 unspecified atom stereocenters. The molecule has 37 heavy (non-hydrogen) atoms. The van der Waals surface area contributed by atoms with Gasteiger partial charge < -0.3 is 15.0 Å². The standard InChI is InChI=1S/C29H27N3O5/c33-28(20-7-5-8-21(16-20)32(35)36)18-30-29(34)23-9-2-1-6-19(23)14-15-37-22-12-13-25-24-10-3-4-11-26(24)31-27(25)17-22/h1-2,5-9,12-13,16-17,31H,3-4,10-11,14-15,18H2,(H,30,34). The number of hydrogen-bond acceptors (Lipinski definition) is 5. The number of ether oxygens (including phenoxy) is 1. The lowest BCUT2D eigenvalue weighted by atomic mass is 9.96. The number of fused-ring (bicyclic) bond motifs is 3. The van der Waals surface area contributed by atoms with Crippen molar-refractivity contribution < 1.29 is 19.2 Å². The third kappa shape index (κ3) is 5.38. The van der Waals surface area contributed by atoms with Gasteiger partial charge in [0.05, 0.1) is 18.1 Å². The highest BCUT2D eigenvalue weighted by atomic mass is 16.6. The molecule has 3 aromatic carbocycles. The highest BCUT2D eigenvalue weighted by Gasteiger charge is 2.17. The smallest absolute Gasteiger partial charge is 0.270 e. The lowest BCUT2D eigenvalue weighted by Crippen LogP contribution is -2.30. The largest absolute Gasteiger partial charge is 0.493 e. The Morgan fingerprint density at radius 1 is 1.00 bits per heavy atom. The zero-order chi connectivity index (χ0) is 25.8. The van der Waals surface area contributed by atoms with Crippen LogP contribution in [-0.2, 0) is 19.3 Å². The predicted octanol–water partition coefficient (Wildman–Crippen LogP) is 5.19. The number of carbonyl (C=O) groups is 2. The van der Waals surface area contributed by atoms with E-state index in [1.807, 2.05) is 24.3 Å². The van der Waals surface area contributed by atoms with Crippen molar-refractivity contribution in [1.29, 1.82) is 0 Å². The summed E-state index contributed by atoms with van der Waals surface area (Å²) in [6.45, 7) is 0.133. The van der Waals surface area contributed by atoms with E-state index in [-0.39, 0.29) is 23.7 Å². The van der Waals surface area contributed by atoms with E-state index in [2.05, 4.69) is 16.4 Å². The van der Waals surface area contributed by atoms with Crippen LogP contribution in [0, 0.1) is 10.1 Å². The molecule has 0 saturated heterocycles. The molecule has 0 atom stereocenters. The summed E-state index contributed by atoms with van der Waals surface area (Å²) < 4.78 is 6.01. The summed E-state index contributed by atoms with van der Waals surface area (Å²) in [5.41, 5.74) is 5.13. The molecule has 0 saturated carbocycles. The summed E-state index contributed by atoms with van der Waals surface area (Å²) in [6, 6.07) is 18.8. The van der Waals surface area contributed by atoms with Gasteiger partial charge in [0, 0.05) is 52.3 Å². The van der Waals surface area contributed by atoms with E-state index in [1.54, 1.807) is 12.1 Å². The lowest BCUT2D eigenvalue weighted by molar-refractivity contribution is -0.384. The first kappa shape index (κ1) is 24.2. The first-order chi connectivity index (χ1) is 18.0. The number of H-pyrrole nitrogens is 1. The molecule has 188 valence electrons. The van der Waals surface area contributed by atoms with E-state index in [4.69, 9.17) is 4.74 Å². The molecule has 0 aliphatic heterocycles. The van der Waals surface area contributed by atoms with Gasteiger partial charge in [-0.15, -0.1) is 0 Å². The van der Waals surface area contributed by atoms with Crippen molar-refractivity contribution in [2.45, 2.75) is 32.1 Å². The van der Waals surface area contributed by atoms with E-state index in [9.17, 15) is 19.7 Å². The molecule has 2 N–H and O–H groups in total. The maximum absolute atomic E-state index is 12.8. The van der Waals surface area contributed by atoms with Crippen LogP contribution in [0.1, 0.15) is 50.4 Å². The van der Waals surface area contributed by atoms with Gasteiger partial charge in [-0.25, -0.2) is 0 Å². The average molecular weight is 498 g/mol. The summed E-state index contributed by atoms with van der Waals surface area (Å²) in [5.74, 6) is -0.0115. The Hall–Kier alpha value is -4.46. The number of ketones is 1. The number of hydrogen-bond donors (Lipinski definition) is 2. The fourth-order valence-electron chi connectivity index (χ4n) is 4.87. The average Bonchev–Trinajstić information content (AvgIpc) is 3.29. The number of Topliss-reactive ketones (excluding diaryl/α,β-unsaturated/α-hetero) is 1. The number of nitro groups is 1. The number of benzene rings is 3. The molecule has 8 nitrogen and oxygen atoms in total. The van der Waals surface area contributed by atoms with Crippen molar-refractivity contribution in [3.63, 3.8) is 0 Å². The van der Waals surface area contributed by atoms with E-state index in [0.29, 0.717) is 18.6 Å². The van der Waals surface area contributed by atoms with Crippen LogP contribution in [0.3, 0.4) is 0 Å². The van der Waals surface area contributed by atoms with Crippen molar-refractivity contribution in [2.24, 2.45) is 0 Å². The quantitative estimate of drug-likeness (QED) is 0.188. The van der Waals surface area contributed by atoms with E-state index in [1.165, 1.54) is 53.8 Å². The summed E-state index contributed by atoms with van der Waals surface area (Å²) >= 11 is 0. The molecule has 1 heterocycles. The molecule has 0 radical (unpaired) electrons. The molecule has 1 aliphatic carbocycles. The van der Waals surface area contributed by atoms with Crippen molar-refractivity contribution in [3.05, 3.63) is 105 Å². The van der Waals surface area contributed by atoms with E-state index >= 15 is 0 Å². The molecule has 1 aromatic heterocycles. The van der Waals surface area contributed by atoms with Gasteiger partial charge in [-0.1, -0.05) is 30.3 Å². The summed E-state index contributed by atoms with van der Waals surface area (Å²) in [6.07, 6.45) is 5.18. The Morgan fingerprint density at radius 3 is 2.70 bits per heavy atom. The molecular weight excluding hydrogens is 470 g/mol. The lowest BCUT2D eigenvalue weighted by Gasteiger charge is -2.11. The number of carbonyl (C=O) groups excluding carboxylic acids is 2. The number of aromatic amines is 1. The van der Waals surface area contributed by atoms with Gasteiger partial charge in [-0.3, -0.25) is 19.7 Å². The number of non-ortho nitro benzene ring substituents is 1. The number of aryl methyl sites for hydroxylation is 2. The second-order valence-corrected chi connectivity index (χ2v) is 9.17. The van der Waals surface area contributed by atoms with Crippen LogP contribution in [0.25, 0.3) is 10.9 Å². The van der Waals surface area contributed by atoms with Gasteiger partial charge in [0.1, 0.15) is 5.75 Å². The third-order valence-corrected chi connectivity index (χ3v) is 6.76. The fraction of sp³-hybridized carbons (Fsp3) is 0.241. The number of nitrogens with one attached hydrogen (secondary N) is 2. The van der Waals surface area contributed by atoms with Crippen LogP contribution in [-0.4, -0.2) is 34.7 Å². The van der Waals surface area contributed by atoms with Crippen molar-refractivity contribution >= 4 is 28.3 Å². The van der Waals surface area contributed by atoms with Crippen LogP contribution < -0.4 is 10.1 Å². The summed E-state index contributed by atoms with van der Waals surface area (Å²) in [5, 5.41) is 14.9. The minimum Gasteiger partial charge on any atom is -0.493 e. The SMILES string of the molecule is O=C(CNC(=O)c1ccccc1CCOc1ccc2c3c([nH]c2c1)CCCC3)c1cccc([N+](=O)[O-])c1. The molecule has 4 aromatic rings. The number of aromatic nitrogens is 1. The Balaban J connectivity index is 1.19. The Labute approximate surface area is 213 Å². The number of nitrogens with zero attached hydrogens (tertiary/aromatic N) is 1. The second-order valence-electron chi connectivity index (χ2n) is 9.17. The minimum atomic E-state index is -0.558. The first-order valence-electron chi connectivity index (χ1n) is 12.4. The van der Waals surface area contributed by atoms with Crippen molar-refractivity contribution in [2.75, 3.05) is 13.2 Å². The highest BCUT2D eigenvalue weighted by Crippen LogP contribution is 2.31. The van der Waals surface area contributed by atoms with Gasteiger partial charge in [0.15, 0.2) is 5.78 Å². The maximum Gasteiger partial charge on any atom is 0.270 e. The van der Waals surface area contributed by atoms with Crippen LogP contribution in [0.4, 0.5) is 5.69 Å². The molecule has 5 rings (SSSR count). The van der Waals surface area contributed by atoms with Crippen LogP contribution in [0.15, 0.2) is 66.7 Å². The van der Waals surface area contributed by atoms with Gasteiger partial charge in [-0.05, 0) is 55.0 Å². The molecule has 0 fully saturated rings. The van der Waals surface area contributed by atoms with Crippen LogP contribution in [0.2, 0.25) is 0 Å². The highest BCUT2D eigenvalue weighted by molar-refractivity contribution is 6.02. The number of rotatable bonds is 9. The third-order valence-electron chi connectivity index (χ3n) is 6.76. The molecule has 8 heteroatoms. The molecule has 1 aliphatic rings. The maximum atomic E-state index is 12.8. The Kier molecular flexibility index (Phi) is 6.98. The number of amides is 1. The normalized spacial score (nSPS) is 12.6. The zero-order valence-corrected chi connectivity index (χ0v) is 20.3. The molecule has 0 bridgehead atoms. The second kappa shape index (κ2) is 10.7. The molecular formula is C29H27N3O5. The molecule has 0 spiro atoms. The fourth-order valence-corrected chi connectivity index (χ4v) is 4.87. The van der Waals surface area contributed by atoms with Gasteiger partial charge >= 0.3 is 0 Å². The Bertz CT molecular complexity index is 1490. The first-order valence-corrected chi connectivity index (χ1v) is 12.4. The topological polar surface area (TPSA) is 114 Å². The Morgan fingerprint density at radius 2 is 1.84 bits per heavy atom. The van der Waals surface area contributed by atoms with Gasteiger partial charge in [0.25, 0.3) is 11.6 Å². The van der Waals surface area contributed by atoms with Crippen molar-refractivity contribution in [3.8, 4) is 5.75 Å². The predicted molar refractivity (Wildman–Crippen MR) is 140 cm³/mol.